The molecular formula is C18H15FN2O2S. The predicted octanol–water partition coefficient (Wildman–Crippen LogP) is 4.00. The van der Waals surface area contributed by atoms with E-state index in [0.29, 0.717) is 0 Å². The van der Waals surface area contributed by atoms with Crippen LogP contribution in [-0.4, -0.2) is 13.4 Å². The van der Waals surface area contributed by atoms with Crippen molar-refractivity contribution in [3.8, 4) is 11.1 Å². The number of nitrogens with one attached hydrogen (secondary N) is 1. The third kappa shape index (κ3) is 3.60. The highest BCUT2D eigenvalue weighted by atomic mass is 32.2. The summed E-state index contributed by atoms with van der Waals surface area (Å²) in [5, 5.41) is 0. The van der Waals surface area contributed by atoms with Gasteiger partial charge in [0.05, 0.1) is 4.90 Å². The molecule has 0 fully saturated rings. The fourth-order valence-electron chi connectivity index (χ4n) is 2.27. The van der Waals surface area contributed by atoms with Crippen molar-refractivity contribution in [2.75, 3.05) is 4.72 Å². The Morgan fingerprint density at radius 1 is 0.875 bits per heavy atom. The quantitative estimate of drug-likeness (QED) is 0.780. The van der Waals surface area contributed by atoms with Crippen LogP contribution in [0.15, 0.2) is 71.6 Å². The van der Waals surface area contributed by atoms with E-state index in [1.165, 1.54) is 24.3 Å². The van der Waals surface area contributed by atoms with Crippen molar-refractivity contribution in [1.29, 1.82) is 0 Å². The van der Waals surface area contributed by atoms with Gasteiger partial charge in [0.15, 0.2) is 0 Å². The van der Waals surface area contributed by atoms with Gasteiger partial charge in [-0.3, -0.25) is 4.72 Å². The first kappa shape index (κ1) is 16.1. The first-order valence-corrected chi connectivity index (χ1v) is 8.75. The number of benzene rings is 2. The van der Waals surface area contributed by atoms with Gasteiger partial charge in [0.25, 0.3) is 10.0 Å². The van der Waals surface area contributed by atoms with Crippen LogP contribution in [0, 0.1) is 12.7 Å². The molecule has 4 nitrogen and oxygen atoms in total. The molecule has 0 unspecified atom stereocenters. The maximum atomic E-state index is 13.0. The summed E-state index contributed by atoms with van der Waals surface area (Å²) in [6.07, 6.45) is 0. The number of nitrogens with zero attached hydrogens (tertiary/aromatic N) is 1. The topological polar surface area (TPSA) is 59.1 Å². The molecule has 0 spiro atoms. The fourth-order valence-corrected chi connectivity index (χ4v) is 3.27. The van der Waals surface area contributed by atoms with Crippen molar-refractivity contribution >= 4 is 15.8 Å². The van der Waals surface area contributed by atoms with Crippen molar-refractivity contribution in [2.24, 2.45) is 0 Å². The van der Waals surface area contributed by atoms with Gasteiger partial charge in [0, 0.05) is 5.69 Å². The number of anilines is 1. The van der Waals surface area contributed by atoms with Crippen molar-refractivity contribution in [3.63, 3.8) is 0 Å². The molecule has 0 radical (unpaired) electrons. The van der Waals surface area contributed by atoms with Gasteiger partial charge in [-0.05, 0) is 54.4 Å². The molecule has 0 bridgehead atoms. The van der Waals surface area contributed by atoms with Crippen LogP contribution in [0.25, 0.3) is 11.1 Å². The molecular weight excluding hydrogens is 327 g/mol. The molecule has 0 aliphatic rings. The molecule has 3 aromatic rings. The standard InChI is InChI=1S/C18H15FN2O2S/c1-13-3-2-4-18(20-13)21-24(22,23)17-11-7-15(8-12-17)14-5-9-16(19)10-6-14/h2-12H,1H3,(H,20,21). The van der Waals surface area contributed by atoms with Crippen LogP contribution in [-0.2, 0) is 10.0 Å². The minimum Gasteiger partial charge on any atom is -0.263 e. The van der Waals surface area contributed by atoms with Gasteiger partial charge in [-0.2, -0.15) is 0 Å². The molecule has 1 aromatic heterocycles. The maximum absolute atomic E-state index is 13.0. The lowest BCUT2D eigenvalue weighted by molar-refractivity contribution is 0.601. The molecule has 6 heteroatoms. The Hall–Kier alpha value is -2.73. The normalized spacial score (nSPS) is 11.2. The molecule has 0 aliphatic carbocycles. The minimum atomic E-state index is -3.71. The summed E-state index contributed by atoms with van der Waals surface area (Å²) < 4.78 is 40.2. The van der Waals surface area contributed by atoms with Crippen molar-refractivity contribution < 1.29 is 12.8 Å². The predicted molar refractivity (Wildman–Crippen MR) is 91.6 cm³/mol. The van der Waals surface area contributed by atoms with E-state index < -0.39 is 10.0 Å². The highest BCUT2D eigenvalue weighted by Gasteiger charge is 2.15. The summed E-state index contributed by atoms with van der Waals surface area (Å²) in [5.74, 6) is -0.0367. The molecule has 1 heterocycles. The zero-order chi connectivity index (χ0) is 17.2. The second-order valence-corrected chi connectivity index (χ2v) is 6.98. The van der Waals surface area contributed by atoms with Gasteiger partial charge in [-0.25, -0.2) is 17.8 Å². The van der Waals surface area contributed by atoms with Crippen molar-refractivity contribution in [3.05, 3.63) is 78.2 Å². The van der Waals surface area contributed by atoms with Crippen LogP contribution in [0.5, 0.6) is 0 Å². The van der Waals surface area contributed by atoms with Crippen molar-refractivity contribution in [2.45, 2.75) is 11.8 Å². The number of aryl methyl sites for hydroxylation is 1. The largest absolute Gasteiger partial charge is 0.263 e. The molecule has 0 saturated carbocycles. The molecule has 0 atom stereocenters. The number of sulfonamides is 1. The van der Waals surface area contributed by atoms with Crippen LogP contribution < -0.4 is 4.72 Å². The number of halogens is 1. The van der Waals surface area contributed by atoms with Crippen molar-refractivity contribution in [1.82, 2.24) is 4.98 Å². The van der Waals surface area contributed by atoms with Gasteiger partial charge < -0.3 is 0 Å². The highest BCUT2D eigenvalue weighted by molar-refractivity contribution is 7.92. The molecule has 24 heavy (non-hydrogen) atoms. The Bertz CT molecular complexity index is 953. The van der Waals surface area contributed by atoms with Crippen LogP contribution in [0.1, 0.15) is 5.69 Å². The second kappa shape index (κ2) is 6.41. The van der Waals surface area contributed by atoms with Gasteiger partial charge in [-0.1, -0.05) is 30.3 Å². The van der Waals surface area contributed by atoms with Gasteiger partial charge in [-0.15, -0.1) is 0 Å². The summed E-state index contributed by atoms with van der Waals surface area (Å²) in [7, 11) is -3.71. The smallest absolute Gasteiger partial charge is 0.263 e. The van der Waals surface area contributed by atoms with Crippen LogP contribution in [0.3, 0.4) is 0 Å². The second-order valence-electron chi connectivity index (χ2n) is 5.30. The number of hydrogen-bond acceptors (Lipinski definition) is 3. The highest BCUT2D eigenvalue weighted by Crippen LogP contribution is 2.22. The average Bonchev–Trinajstić information content (AvgIpc) is 2.55. The van der Waals surface area contributed by atoms with Crippen LogP contribution >= 0.6 is 0 Å². The number of hydrogen-bond donors (Lipinski definition) is 1. The lowest BCUT2D eigenvalue weighted by atomic mass is 10.1. The summed E-state index contributed by atoms with van der Waals surface area (Å²) in [6, 6.07) is 17.5. The molecule has 122 valence electrons. The van der Waals surface area contributed by atoms with E-state index in [1.54, 1.807) is 49.4 Å². The number of rotatable bonds is 4. The van der Waals surface area contributed by atoms with Gasteiger partial charge in [0.1, 0.15) is 11.6 Å². The molecule has 1 N–H and O–H groups in total. The van der Waals surface area contributed by atoms with E-state index in [2.05, 4.69) is 9.71 Å². The molecule has 2 aromatic carbocycles. The third-order valence-corrected chi connectivity index (χ3v) is 4.84. The fraction of sp³-hybridized carbons (Fsp3) is 0.0556. The lowest BCUT2D eigenvalue weighted by Gasteiger charge is -2.09. The summed E-state index contributed by atoms with van der Waals surface area (Å²) in [4.78, 5) is 4.27. The zero-order valence-corrected chi connectivity index (χ0v) is 13.7. The summed E-state index contributed by atoms with van der Waals surface area (Å²) >= 11 is 0. The summed E-state index contributed by atoms with van der Waals surface area (Å²) in [6.45, 7) is 1.79. The van der Waals surface area contributed by atoms with Crippen LogP contribution in [0.4, 0.5) is 10.2 Å². The zero-order valence-electron chi connectivity index (χ0n) is 12.9. The van der Waals surface area contributed by atoms with E-state index in [-0.39, 0.29) is 16.5 Å². The monoisotopic (exact) mass is 342 g/mol. The van der Waals surface area contributed by atoms with E-state index in [9.17, 15) is 12.8 Å². The SMILES string of the molecule is Cc1cccc(NS(=O)(=O)c2ccc(-c3ccc(F)cc3)cc2)n1. The van der Waals surface area contributed by atoms with E-state index in [0.717, 1.165) is 16.8 Å². The molecule has 3 rings (SSSR count). The number of pyridine rings is 1. The Morgan fingerprint density at radius 3 is 2.04 bits per heavy atom. The Balaban J connectivity index is 1.85. The van der Waals surface area contributed by atoms with E-state index >= 15 is 0 Å². The third-order valence-electron chi connectivity index (χ3n) is 3.47. The number of aromatic nitrogens is 1. The Labute approximate surface area is 140 Å². The van der Waals surface area contributed by atoms with E-state index in [1.807, 2.05) is 0 Å². The summed E-state index contributed by atoms with van der Waals surface area (Å²) in [5.41, 5.74) is 2.35. The van der Waals surface area contributed by atoms with Gasteiger partial charge in [0.2, 0.25) is 0 Å². The van der Waals surface area contributed by atoms with Gasteiger partial charge >= 0.3 is 0 Å². The average molecular weight is 342 g/mol. The maximum Gasteiger partial charge on any atom is 0.263 e. The Kier molecular flexibility index (Phi) is 4.31. The molecule has 0 aliphatic heterocycles. The lowest BCUT2D eigenvalue weighted by Crippen LogP contribution is -2.14. The first-order chi connectivity index (χ1) is 11.4. The molecule has 0 saturated heterocycles. The Morgan fingerprint density at radius 2 is 1.46 bits per heavy atom. The first-order valence-electron chi connectivity index (χ1n) is 7.26. The minimum absolute atomic E-state index is 0.136. The van der Waals surface area contributed by atoms with Crippen LogP contribution in [0.2, 0.25) is 0 Å². The van der Waals surface area contributed by atoms with E-state index in [4.69, 9.17) is 0 Å². The molecule has 0 amide bonds.